The molecule has 0 radical (unpaired) electrons. The summed E-state index contributed by atoms with van der Waals surface area (Å²) in [6, 6.07) is 150. The van der Waals surface area contributed by atoms with Gasteiger partial charge in [-0.05, 0) is 191 Å². The first-order valence-electron chi connectivity index (χ1n) is 36.9. The number of benzene rings is 18. The summed E-state index contributed by atoms with van der Waals surface area (Å²) in [4.78, 5) is 2.38. The van der Waals surface area contributed by atoms with Crippen molar-refractivity contribution >= 4 is 110 Å². The Balaban J connectivity index is 0.000000127. The highest BCUT2D eigenvalue weighted by atomic mass is 79.9. The largest absolute Gasteiger partial charge is 0.455 e. The summed E-state index contributed by atoms with van der Waals surface area (Å²) in [7, 11) is 0. The molecule has 2 heterocycles. The minimum atomic E-state index is 0.905. The molecule has 0 saturated heterocycles. The highest BCUT2D eigenvalue weighted by Gasteiger charge is 2.20. The van der Waals surface area contributed by atoms with E-state index >= 15 is 0 Å². The molecule has 0 amide bonds. The topological polar surface area (TPSA) is 41.6 Å². The van der Waals surface area contributed by atoms with Gasteiger partial charge in [0.05, 0.1) is 5.69 Å². The molecule has 0 saturated carbocycles. The van der Waals surface area contributed by atoms with Crippen LogP contribution in [0, 0.1) is 0 Å². The van der Waals surface area contributed by atoms with E-state index in [2.05, 4.69) is 414 Å². The van der Waals surface area contributed by atoms with Crippen LogP contribution in [0.2, 0.25) is 0 Å². The maximum atomic E-state index is 6.46. The van der Waals surface area contributed by atoms with Gasteiger partial charge in [-0.25, -0.2) is 0 Å². The van der Waals surface area contributed by atoms with Crippen LogP contribution in [0.4, 0.5) is 28.4 Å². The second-order valence-corrected chi connectivity index (χ2v) is 28.1. The second-order valence-electron chi connectivity index (χ2n) is 27.3. The van der Waals surface area contributed by atoms with Crippen LogP contribution < -0.4 is 10.2 Å². The van der Waals surface area contributed by atoms with Crippen LogP contribution in [0.25, 0.3) is 154 Å². The molecule has 0 atom stereocenters. The summed E-state index contributed by atoms with van der Waals surface area (Å²) in [6.07, 6.45) is 0. The van der Waals surface area contributed by atoms with Gasteiger partial charge in [-0.1, -0.05) is 344 Å². The first-order chi connectivity index (χ1) is 53.9. The third-order valence-electron chi connectivity index (χ3n) is 20.5. The fourth-order valence-electron chi connectivity index (χ4n) is 15.0. The van der Waals surface area contributed by atoms with Crippen LogP contribution in [-0.2, 0) is 0 Å². The van der Waals surface area contributed by atoms with Gasteiger partial charge in [0.1, 0.15) is 22.3 Å². The summed E-state index contributed by atoms with van der Waals surface area (Å²) in [5.41, 5.74) is 27.9. The molecule has 1 N–H and O–H groups in total. The Bertz CT molecular complexity index is 6620. The average molecular weight is 1460 g/mol. The minimum Gasteiger partial charge on any atom is -0.455 e. The number of nitrogens with one attached hydrogen (secondary N) is 1. The van der Waals surface area contributed by atoms with Crippen molar-refractivity contribution < 1.29 is 8.83 Å². The summed E-state index contributed by atoms with van der Waals surface area (Å²) < 4.78 is 13.8. The Morgan fingerprint density at radius 3 is 1.01 bits per heavy atom. The van der Waals surface area contributed by atoms with Crippen molar-refractivity contribution in [2.75, 3.05) is 10.2 Å². The maximum Gasteiger partial charge on any atom is 0.143 e. The Morgan fingerprint density at radius 1 is 0.211 bits per heavy atom. The third-order valence-corrected chi connectivity index (χ3v) is 21.2. The third kappa shape index (κ3) is 14.1. The van der Waals surface area contributed by atoms with E-state index in [9.17, 15) is 0 Å². The molecule has 4 nitrogen and oxygen atoms in total. The van der Waals surface area contributed by atoms with E-state index in [0.29, 0.717) is 0 Å². The van der Waals surface area contributed by atoms with E-state index in [0.717, 1.165) is 110 Å². The zero-order chi connectivity index (χ0) is 72.8. The molecule has 20 aromatic rings. The van der Waals surface area contributed by atoms with Crippen molar-refractivity contribution in [3.05, 3.63) is 429 Å². The predicted octanol–water partition coefficient (Wildman–Crippen LogP) is 30.5. The number of hydrogen-bond donors (Lipinski definition) is 1. The quantitative estimate of drug-likeness (QED) is 0.125. The monoisotopic (exact) mass is 1460 g/mol. The van der Waals surface area contributed by atoms with Crippen molar-refractivity contribution in [3.63, 3.8) is 0 Å². The van der Waals surface area contributed by atoms with Gasteiger partial charge < -0.3 is 19.1 Å². The molecule has 109 heavy (non-hydrogen) atoms. The molecule has 2 aromatic heterocycles. The molecule has 0 bridgehead atoms. The average Bonchev–Trinajstić information content (AvgIpc) is 1.75. The van der Waals surface area contributed by atoms with Crippen molar-refractivity contribution in [2.24, 2.45) is 0 Å². The molecule has 0 aliphatic heterocycles. The number of halogens is 1. The molecule has 5 heteroatoms. The summed E-state index contributed by atoms with van der Waals surface area (Å²) in [5, 5.41) is 13.1. The lowest BCUT2D eigenvalue weighted by Crippen LogP contribution is -2.11. The summed E-state index contributed by atoms with van der Waals surface area (Å²) in [5.74, 6) is 0. The summed E-state index contributed by atoms with van der Waals surface area (Å²) >= 11 is 3.66. The zero-order valence-electron chi connectivity index (χ0n) is 59.6. The van der Waals surface area contributed by atoms with Crippen LogP contribution in [0.5, 0.6) is 0 Å². The van der Waals surface area contributed by atoms with Gasteiger partial charge in [-0.3, -0.25) is 0 Å². The Labute approximate surface area is 642 Å². The smallest absolute Gasteiger partial charge is 0.143 e. The van der Waals surface area contributed by atoms with Crippen molar-refractivity contribution in [2.45, 2.75) is 0 Å². The van der Waals surface area contributed by atoms with Crippen LogP contribution in [0.1, 0.15) is 0 Å². The van der Waals surface area contributed by atoms with E-state index in [1.807, 2.05) is 36.4 Å². The minimum absolute atomic E-state index is 0.905. The lowest BCUT2D eigenvalue weighted by molar-refractivity contribution is 0.669. The molecule has 0 aliphatic carbocycles. The fraction of sp³-hybridized carbons (Fsp3) is 0. The molecule has 0 fully saturated rings. The van der Waals surface area contributed by atoms with Gasteiger partial charge in [-0.2, -0.15) is 0 Å². The Kier molecular flexibility index (Phi) is 18.7. The molecule has 18 aromatic carbocycles. The van der Waals surface area contributed by atoms with E-state index in [1.165, 1.54) is 77.2 Å². The predicted molar refractivity (Wildman–Crippen MR) is 464 cm³/mol. The molecule has 0 aliphatic rings. The lowest BCUT2D eigenvalue weighted by atomic mass is 9.96. The van der Waals surface area contributed by atoms with Gasteiger partial charge in [0.15, 0.2) is 0 Å². The van der Waals surface area contributed by atoms with Crippen molar-refractivity contribution in [3.8, 4) is 89.0 Å². The lowest BCUT2D eigenvalue weighted by Gasteiger charge is -2.28. The van der Waals surface area contributed by atoms with Gasteiger partial charge in [0, 0.05) is 65.5 Å². The zero-order valence-corrected chi connectivity index (χ0v) is 61.1. The van der Waals surface area contributed by atoms with Gasteiger partial charge in [-0.15, -0.1) is 0 Å². The van der Waals surface area contributed by atoms with E-state index in [4.69, 9.17) is 8.83 Å². The molecular weight excluding hydrogens is 1390 g/mol. The number of anilines is 5. The number of nitrogens with zero attached hydrogens (tertiary/aromatic N) is 1. The van der Waals surface area contributed by atoms with E-state index < -0.39 is 0 Å². The second kappa shape index (κ2) is 30.3. The Hall–Kier alpha value is -13.8. The molecule has 516 valence electrons. The highest BCUT2D eigenvalue weighted by Crippen LogP contribution is 2.45. The summed E-state index contributed by atoms with van der Waals surface area (Å²) in [6.45, 7) is 0. The van der Waals surface area contributed by atoms with Gasteiger partial charge in [0.25, 0.3) is 0 Å². The molecular formula is C104H71BrN2O2. The fourth-order valence-corrected chi connectivity index (χ4v) is 15.5. The maximum absolute atomic E-state index is 6.46. The van der Waals surface area contributed by atoms with Gasteiger partial charge in [0.2, 0.25) is 0 Å². The van der Waals surface area contributed by atoms with Crippen molar-refractivity contribution in [1.29, 1.82) is 0 Å². The number of hydrogen-bond acceptors (Lipinski definition) is 4. The standard InChI is InChI=1S/C52H35NO.C28H21N.C24H15BrO/c1-2-12-36(13-3-1)38-26-30-44(31-27-38)53(45-32-28-39(29-33-45)41-25-24-37-14-4-5-15-40(37)34-41)50-22-8-6-18-46(50)42-16-10-17-43(35-42)47-20-11-21-49-48-19-7-9-23-51(48)54-52(47)49;1-2-6-21(7-3-1)23-12-16-27(17-13-23)29-28-18-14-24(15-19-28)26-11-10-22-8-4-5-9-25(22)20-26;25-22-13-3-1-9-18(22)16-7-5-8-17(15-16)19-11-6-12-21-20-10-2-4-14-23(20)26-24(19)21/h1-35H;1-20,29H;1-15H. The molecule has 0 spiro atoms. The SMILES string of the molecule is Brc1ccccc1-c1cccc(-c2cccc3c2oc2ccccc23)c1.c1ccc(-c2ccc(N(c3ccc(-c4ccc5ccccc5c4)cc3)c3ccccc3-c3cccc(-c4cccc5c4oc4ccccc45)c3)cc2)cc1.c1ccc(-c2ccc(Nc3ccc(-c4ccc5ccccc5c4)cc3)cc2)cc1. The first kappa shape index (κ1) is 67.1. The molecule has 0 unspecified atom stereocenters. The number of para-hydroxylation sites is 5. The van der Waals surface area contributed by atoms with Crippen LogP contribution in [0.15, 0.2) is 438 Å². The van der Waals surface area contributed by atoms with Crippen LogP contribution in [-0.4, -0.2) is 0 Å². The van der Waals surface area contributed by atoms with Gasteiger partial charge >= 0.3 is 0 Å². The number of fused-ring (bicyclic) bond motifs is 8. The number of rotatable bonds is 13. The van der Waals surface area contributed by atoms with Crippen LogP contribution >= 0.6 is 15.9 Å². The highest BCUT2D eigenvalue weighted by molar-refractivity contribution is 9.10. The van der Waals surface area contributed by atoms with Crippen LogP contribution in [0.3, 0.4) is 0 Å². The number of furan rings is 2. The van der Waals surface area contributed by atoms with E-state index in [-0.39, 0.29) is 0 Å². The van der Waals surface area contributed by atoms with Crippen molar-refractivity contribution in [1.82, 2.24) is 0 Å². The first-order valence-corrected chi connectivity index (χ1v) is 37.6. The molecule has 20 rings (SSSR count). The van der Waals surface area contributed by atoms with E-state index in [1.54, 1.807) is 0 Å². The Morgan fingerprint density at radius 2 is 0.532 bits per heavy atom. The normalized spacial score (nSPS) is 11.2.